The minimum atomic E-state index is -0.00778. The first-order chi connectivity index (χ1) is 8.61. The number of nitrogens with zero attached hydrogens (tertiary/aromatic N) is 1. The van der Waals surface area contributed by atoms with Crippen LogP contribution in [0.3, 0.4) is 0 Å². The van der Waals surface area contributed by atoms with Gasteiger partial charge in [0.25, 0.3) is 0 Å². The van der Waals surface area contributed by atoms with E-state index in [1.165, 1.54) is 0 Å². The second-order valence-electron chi connectivity index (χ2n) is 4.33. The molecule has 2 rings (SSSR count). The average molecular weight is 240 g/mol. The standard InChI is InChI=1S/C15H16N2O/c1-17(2)14-12(9-6-10-13(14)16)15(18)11-7-4-3-5-8-11/h3-10H,16H2,1-2H3. The third-order valence-electron chi connectivity index (χ3n) is 2.80. The normalized spacial score (nSPS) is 10.1. The number of anilines is 2. The van der Waals surface area contributed by atoms with Gasteiger partial charge in [-0.25, -0.2) is 0 Å². The molecule has 92 valence electrons. The quantitative estimate of drug-likeness (QED) is 0.662. The van der Waals surface area contributed by atoms with E-state index >= 15 is 0 Å². The lowest BCUT2D eigenvalue weighted by Gasteiger charge is -2.19. The van der Waals surface area contributed by atoms with Crippen molar-refractivity contribution in [1.82, 2.24) is 0 Å². The number of nitrogens with two attached hydrogens (primary N) is 1. The Bertz CT molecular complexity index is 562. The van der Waals surface area contributed by atoms with Crippen LogP contribution in [-0.4, -0.2) is 19.9 Å². The molecule has 2 aromatic carbocycles. The number of rotatable bonds is 3. The lowest BCUT2D eigenvalue weighted by molar-refractivity contribution is 0.103. The molecule has 0 aliphatic heterocycles. The van der Waals surface area contributed by atoms with Gasteiger partial charge in [-0.2, -0.15) is 0 Å². The minimum Gasteiger partial charge on any atom is -0.397 e. The Hall–Kier alpha value is -2.29. The summed E-state index contributed by atoms with van der Waals surface area (Å²) in [5.41, 5.74) is 8.63. The molecule has 0 atom stereocenters. The van der Waals surface area contributed by atoms with Gasteiger partial charge in [0.15, 0.2) is 5.78 Å². The van der Waals surface area contributed by atoms with Gasteiger partial charge < -0.3 is 10.6 Å². The molecule has 0 aromatic heterocycles. The number of nitrogen functional groups attached to an aromatic ring is 1. The minimum absolute atomic E-state index is 0.00778. The van der Waals surface area contributed by atoms with Crippen LogP contribution >= 0.6 is 0 Å². The maximum absolute atomic E-state index is 12.4. The van der Waals surface area contributed by atoms with Crippen LogP contribution < -0.4 is 10.6 Å². The van der Waals surface area contributed by atoms with Gasteiger partial charge in [-0.15, -0.1) is 0 Å². The van der Waals surface area contributed by atoms with Gasteiger partial charge in [-0.05, 0) is 12.1 Å². The van der Waals surface area contributed by atoms with E-state index in [9.17, 15) is 4.79 Å². The molecule has 0 radical (unpaired) electrons. The van der Waals surface area contributed by atoms with Gasteiger partial charge >= 0.3 is 0 Å². The molecule has 2 N–H and O–H groups in total. The molecule has 3 nitrogen and oxygen atoms in total. The fourth-order valence-corrected chi connectivity index (χ4v) is 1.99. The van der Waals surface area contributed by atoms with E-state index in [1.807, 2.05) is 49.3 Å². The van der Waals surface area contributed by atoms with Crippen LogP contribution in [0, 0.1) is 0 Å². The molecular weight excluding hydrogens is 224 g/mol. The Labute approximate surface area is 107 Å². The highest BCUT2D eigenvalue weighted by Gasteiger charge is 2.16. The molecule has 0 aliphatic rings. The first-order valence-electron chi connectivity index (χ1n) is 5.77. The van der Waals surface area contributed by atoms with Gasteiger partial charge in [0, 0.05) is 25.2 Å². The van der Waals surface area contributed by atoms with Crippen molar-refractivity contribution in [3.8, 4) is 0 Å². The Morgan fingerprint density at radius 1 is 1.00 bits per heavy atom. The molecule has 0 saturated carbocycles. The van der Waals surface area contributed by atoms with Crippen LogP contribution in [0.1, 0.15) is 15.9 Å². The Balaban J connectivity index is 2.52. The second-order valence-corrected chi connectivity index (χ2v) is 4.33. The first kappa shape index (κ1) is 12.2. The highest BCUT2D eigenvalue weighted by molar-refractivity contribution is 6.13. The first-order valence-corrected chi connectivity index (χ1v) is 5.77. The molecular formula is C15H16N2O. The van der Waals surface area contributed by atoms with Gasteiger partial charge in [0.2, 0.25) is 0 Å². The monoisotopic (exact) mass is 240 g/mol. The van der Waals surface area contributed by atoms with E-state index in [0.717, 1.165) is 5.69 Å². The second kappa shape index (κ2) is 4.92. The molecule has 3 heteroatoms. The summed E-state index contributed by atoms with van der Waals surface area (Å²) >= 11 is 0. The summed E-state index contributed by atoms with van der Waals surface area (Å²) < 4.78 is 0. The summed E-state index contributed by atoms with van der Waals surface area (Å²) in [6.45, 7) is 0. The molecule has 0 unspecified atom stereocenters. The lowest BCUT2D eigenvalue weighted by Crippen LogP contribution is -2.16. The number of para-hydroxylation sites is 1. The maximum Gasteiger partial charge on any atom is 0.195 e. The zero-order chi connectivity index (χ0) is 13.1. The number of benzene rings is 2. The number of carbonyl (C=O) groups excluding carboxylic acids is 1. The maximum atomic E-state index is 12.4. The summed E-state index contributed by atoms with van der Waals surface area (Å²) in [6.07, 6.45) is 0. The van der Waals surface area contributed by atoms with Crippen LogP contribution in [0.4, 0.5) is 11.4 Å². The van der Waals surface area contributed by atoms with E-state index < -0.39 is 0 Å². The molecule has 18 heavy (non-hydrogen) atoms. The third-order valence-corrected chi connectivity index (χ3v) is 2.80. The van der Waals surface area contributed by atoms with E-state index in [0.29, 0.717) is 16.8 Å². The van der Waals surface area contributed by atoms with Crippen molar-refractivity contribution in [2.45, 2.75) is 0 Å². The molecule has 0 aliphatic carbocycles. The predicted molar refractivity (Wildman–Crippen MR) is 75.1 cm³/mol. The van der Waals surface area contributed by atoms with Gasteiger partial charge in [-0.3, -0.25) is 4.79 Å². The highest BCUT2D eigenvalue weighted by Crippen LogP contribution is 2.28. The Kier molecular flexibility index (Phi) is 3.33. The van der Waals surface area contributed by atoms with Crippen LogP contribution in [0.2, 0.25) is 0 Å². The van der Waals surface area contributed by atoms with Gasteiger partial charge in [-0.1, -0.05) is 36.4 Å². The van der Waals surface area contributed by atoms with Crippen LogP contribution in [-0.2, 0) is 0 Å². The van der Waals surface area contributed by atoms with Crippen molar-refractivity contribution in [3.63, 3.8) is 0 Å². The SMILES string of the molecule is CN(C)c1c(N)cccc1C(=O)c1ccccc1. The summed E-state index contributed by atoms with van der Waals surface area (Å²) in [7, 11) is 3.76. The lowest BCUT2D eigenvalue weighted by atomic mass is 10.0. The molecule has 0 amide bonds. The summed E-state index contributed by atoms with van der Waals surface area (Å²) in [4.78, 5) is 14.3. The molecule has 0 bridgehead atoms. The van der Waals surface area contributed by atoms with Crippen molar-refractivity contribution in [1.29, 1.82) is 0 Å². The molecule has 0 fully saturated rings. The van der Waals surface area contributed by atoms with Gasteiger partial charge in [0.05, 0.1) is 11.4 Å². The molecule has 0 heterocycles. The number of hydrogen-bond acceptors (Lipinski definition) is 3. The van der Waals surface area contributed by atoms with E-state index in [2.05, 4.69) is 0 Å². The van der Waals surface area contributed by atoms with Crippen molar-refractivity contribution < 1.29 is 4.79 Å². The fraction of sp³-hybridized carbons (Fsp3) is 0.133. The summed E-state index contributed by atoms with van der Waals surface area (Å²) in [5, 5.41) is 0. The van der Waals surface area contributed by atoms with Crippen molar-refractivity contribution in [2.24, 2.45) is 0 Å². The third kappa shape index (κ3) is 2.20. The van der Waals surface area contributed by atoms with Crippen LogP contribution in [0.5, 0.6) is 0 Å². The smallest absolute Gasteiger partial charge is 0.195 e. The van der Waals surface area contributed by atoms with Gasteiger partial charge in [0.1, 0.15) is 0 Å². The zero-order valence-corrected chi connectivity index (χ0v) is 10.6. The van der Waals surface area contributed by atoms with E-state index in [-0.39, 0.29) is 5.78 Å². The largest absolute Gasteiger partial charge is 0.397 e. The van der Waals surface area contributed by atoms with Crippen molar-refractivity contribution in [3.05, 3.63) is 59.7 Å². The van der Waals surface area contributed by atoms with Crippen LogP contribution in [0.25, 0.3) is 0 Å². The number of ketones is 1. The average Bonchev–Trinajstić information content (AvgIpc) is 2.38. The summed E-state index contributed by atoms with van der Waals surface area (Å²) in [5.74, 6) is -0.00778. The zero-order valence-electron chi connectivity index (χ0n) is 10.6. The van der Waals surface area contributed by atoms with Crippen LogP contribution in [0.15, 0.2) is 48.5 Å². The number of hydrogen-bond donors (Lipinski definition) is 1. The van der Waals surface area contributed by atoms with Crippen molar-refractivity contribution >= 4 is 17.2 Å². The Morgan fingerprint density at radius 3 is 2.28 bits per heavy atom. The predicted octanol–water partition coefficient (Wildman–Crippen LogP) is 2.57. The highest BCUT2D eigenvalue weighted by atomic mass is 16.1. The van der Waals surface area contributed by atoms with Crippen molar-refractivity contribution in [2.75, 3.05) is 24.7 Å². The molecule has 0 saturated heterocycles. The molecule has 2 aromatic rings. The topological polar surface area (TPSA) is 46.3 Å². The summed E-state index contributed by atoms with van der Waals surface area (Å²) in [6, 6.07) is 14.6. The Morgan fingerprint density at radius 2 is 1.67 bits per heavy atom. The molecule has 0 spiro atoms. The van der Waals surface area contributed by atoms with E-state index in [1.54, 1.807) is 18.2 Å². The fourth-order valence-electron chi connectivity index (χ4n) is 1.99. The van der Waals surface area contributed by atoms with E-state index in [4.69, 9.17) is 5.73 Å². The number of carbonyl (C=O) groups is 1.